The molecule has 4 atom stereocenters. The molecule has 12 heteroatoms. The Morgan fingerprint density at radius 1 is 1.05 bits per heavy atom. The number of urea groups is 1. The molecule has 3 rings (SSSR count). The predicted octanol–water partition coefficient (Wildman–Crippen LogP) is 3.71. The molecule has 44 heavy (non-hydrogen) atoms. The number of para-hydroxylation sites is 1. The van der Waals surface area contributed by atoms with Gasteiger partial charge in [0, 0.05) is 22.9 Å². The Morgan fingerprint density at radius 3 is 2.27 bits per heavy atom. The lowest BCUT2D eigenvalue weighted by Gasteiger charge is -2.33. The van der Waals surface area contributed by atoms with Gasteiger partial charge >= 0.3 is 12.0 Å². The van der Waals surface area contributed by atoms with Crippen molar-refractivity contribution in [2.75, 3.05) is 23.4 Å². The van der Waals surface area contributed by atoms with Crippen molar-refractivity contribution in [2.45, 2.75) is 47.0 Å². The average molecular weight is 606 g/mol. The van der Waals surface area contributed by atoms with Crippen LogP contribution in [-0.4, -0.2) is 48.0 Å². The predicted molar refractivity (Wildman–Crippen MR) is 162 cm³/mol. The van der Waals surface area contributed by atoms with E-state index in [4.69, 9.17) is 10.5 Å². The summed E-state index contributed by atoms with van der Waals surface area (Å²) < 4.78 is 5.34. The number of hydrogen-bond acceptors (Lipinski definition) is 8. The average Bonchev–Trinajstić information content (AvgIpc) is 3.18. The highest BCUT2D eigenvalue weighted by Crippen LogP contribution is 2.42. The normalized spacial score (nSPS) is 18.6. The zero-order valence-corrected chi connectivity index (χ0v) is 25.3. The summed E-state index contributed by atoms with van der Waals surface area (Å²) in [5.74, 6) is -4.33. The summed E-state index contributed by atoms with van der Waals surface area (Å²) in [5.41, 5.74) is 4.29. The molecule has 1 heterocycles. The highest BCUT2D eigenvalue weighted by molar-refractivity contribution is 6.22. The van der Waals surface area contributed by atoms with E-state index in [-0.39, 0.29) is 44.1 Å². The molecular weight excluding hydrogens is 566 g/mol. The maximum absolute atomic E-state index is 13.4. The lowest BCUT2D eigenvalue weighted by atomic mass is 9.69. The van der Waals surface area contributed by atoms with Crippen molar-refractivity contribution in [2.24, 2.45) is 34.3 Å². The van der Waals surface area contributed by atoms with Gasteiger partial charge < -0.3 is 26.2 Å². The molecule has 1 aliphatic heterocycles. The number of nitriles is 1. The minimum Gasteiger partial charge on any atom is -0.508 e. The van der Waals surface area contributed by atoms with Gasteiger partial charge in [-0.3, -0.25) is 24.1 Å². The van der Waals surface area contributed by atoms with E-state index in [1.807, 2.05) is 0 Å². The minimum absolute atomic E-state index is 0.0233. The van der Waals surface area contributed by atoms with Gasteiger partial charge in [0.1, 0.15) is 12.4 Å². The number of nitrogens with zero attached hydrogens (tertiary/aromatic N) is 2. The van der Waals surface area contributed by atoms with E-state index in [9.17, 15) is 34.3 Å². The molecule has 5 amide bonds. The van der Waals surface area contributed by atoms with E-state index >= 15 is 0 Å². The number of phenolic OH excluding ortho intramolecular Hbond substituents is 1. The van der Waals surface area contributed by atoms with E-state index in [1.165, 1.54) is 24.3 Å². The summed E-state index contributed by atoms with van der Waals surface area (Å²) in [7, 11) is 0. The molecule has 2 aromatic rings. The Kier molecular flexibility index (Phi) is 10.7. The third kappa shape index (κ3) is 8.12. The molecule has 5 N–H and O–H groups in total. The number of esters is 1. The topological polar surface area (TPSA) is 192 Å². The lowest BCUT2D eigenvalue weighted by Crippen LogP contribution is -2.41. The molecule has 0 radical (unpaired) electrons. The van der Waals surface area contributed by atoms with Gasteiger partial charge in [0.25, 0.3) is 0 Å². The number of primary amides is 1. The fraction of sp³-hybridized carbons (Fsp3) is 0.438. The van der Waals surface area contributed by atoms with Crippen LogP contribution in [0.2, 0.25) is 0 Å². The van der Waals surface area contributed by atoms with Crippen LogP contribution in [0.15, 0.2) is 54.6 Å². The van der Waals surface area contributed by atoms with Gasteiger partial charge in [-0.2, -0.15) is 5.26 Å². The number of anilines is 2. The van der Waals surface area contributed by atoms with Crippen molar-refractivity contribution in [1.29, 1.82) is 5.26 Å². The molecule has 1 aliphatic rings. The molecule has 0 bridgehead atoms. The van der Waals surface area contributed by atoms with E-state index < -0.39 is 52.4 Å². The number of rotatable bonds is 13. The number of carbonyl (C=O) groups is 5. The molecule has 12 nitrogen and oxygen atoms in total. The highest BCUT2D eigenvalue weighted by atomic mass is 16.5. The van der Waals surface area contributed by atoms with Crippen molar-refractivity contribution in [3.05, 3.63) is 54.6 Å². The summed E-state index contributed by atoms with van der Waals surface area (Å²) in [4.78, 5) is 65.2. The molecule has 0 spiro atoms. The number of phenols is 1. The van der Waals surface area contributed by atoms with Crippen molar-refractivity contribution >= 4 is 41.1 Å². The van der Waals surface area contributed by atoms with Crippen LogP contribution in [0.1, 0.15) is 47.0 Å². The van der Waals surface area contributed by atoms with E-state index in [1.54, 1.807) is 58.0 Å². The van der Waals surface area contributed by atoms with Crippen LogP contribution >= 0.6 is 0 Å². The van der Waals surface area contributed by atoms with Gasteiger partial charge in [-0.05, 0) is 69.5 Å². The van der Waals surface area contributed by atoms with Crippen LogP contribution in [0.4, 0.5) is 16.2 Å². The first kappa shape index (κ1) is 33.6. The van der Waals surface area contributed by atoms with Gasteiger partial charge in [-0.1, -0.05) is 32.0 Å². The lowest BCUT2D eigenvalue weighted by molar-refractivity contribution is -0.154. The highest BCUT2D eigenvalue weighted by Gasteiger charge is 2.50. The Bertz CT molecular complexity index is 1420. The summed E-state index contributed by atoms with van der Waals surface area (Å²) >= 11 is 0. The number of amides is 5. The maximum atomic E-state index is 13.4. The largest absolute Gasteiger partial charge is 0.508 e. The molecule has 2 aromatic carbocycles. The Morgan fingerprint density at radius 2 is 1.68 bits per heavy atom. The van der Waals surface area contributed by atoms with Gasteiger partial charge in [0.2, 0.25) is 17.7 Å². The maximum Gasteiger partial charge on any atom is 0.319 e. The zero-order chi connectivity index (χ0) is 32.7. The van der Waals surface area contributed by atoms with Crippen LogP contribution in [0.3, 0.4) is 0 Å². The monoisotopic (exact) mass is 605 g/mol. The molecule has 234 valence electrons. The fourth-order valence-corrected chi connectivity index (χ4v) is 5.36. The van der Waals surface area contributed by atoms with E-state index in [0.29, 0.717) is 11.4 Å². The number of aromatic hydroxyl groups is 1. The van der Waals surface area contributed by atoms with Crippen LogP contribution < -0.4 is 21.3 Å². The van der Waals surface area contributed by atoms with Gasteiger partial charge in [-0.15, -0.1) is 0 Å². The van der Waals surface area contributed by atoms with Crippen LogP contribution in [0, 0.1) is 39.9 Å². The third-order valence-electron chi connectivity index (χ3n) is 7.97. The number of ether oxygens (including phenoxy) is 1. The SMILES string of the molecule is CC1C(=O)N(c2ccccc2)C(=O)C1CC(C)(CC(C#N)CC(C)(C)C(=O)OCCNC(=O)Nc1ccc(O)cc1)C(N)=O. The fourth-order valence-electron chi connectivity index (χ4n) is 5.36. The quantitative estimate of drug-likeness (QED) is 0.115. The molecule has 0 saturated carbocycles. The molecular formula is C32H39N5O7. The second kappa shape index (κ2) is 14.0. The molecule has 4 unspecified atom stereocenters. The zero-order valence-electron chi connectivity index (χ0n) is 25.3. The van der Waals surface area contributed by atoms with Crippen LogP contribution in [-0.2, 0) is 23.9 Å². The molecule has 0 aromatic heterocycles. The van der Waals surface area contributed by atoms with Crippen molar-refractivity contribution in [3.63, 3.8) is 0 Å². The standard InChI is InChI=1S/C32H39N5O7/c1-20-25(27(40)37(26(20)39)23-8-6-5-7-9-23)18-32(4,28(34)41)17-21(19-33)16-31(2,3)29(42)44-15-14-35-30(43)36-22-10-12-24(38)13-11-22/h5-13,20-21,25,38H,14-18H2,1-4H3,(H2,34,41)(H2,35,36,43). The van der Waals surface area contributed by atoms with E-state index in [0.717, 1.165) is 4.90 Å². The van der Waals surface area contributed by atoms with Crippen LogP contribution in [0.5, 0.6) is 5.75 Å². The van der Waals surface area contributed by atoms with Crippen molar-refractivity contribution in [1.82, 2.24) is 5.32 Å². The summed E-state index contributed by atoms with van der Waals surface area (Å²) in [6.07, 6.45) is -0.00783. The number of carbonyl (C=O) groups excluding carboxylic acids is 5. The first-order valence-corrected chi connectivity index (χ1v) is 14.3. The summed E-state index contributed by atoms with van der Waals surface area (Å²) in [6, 6.07) is 16.1. The van der Waals surface area contributed by atoms with Crippen molar-refractivity contribution < 1.29 is 33.8 Å². The smallest absolute Gasteiger partial charge is 0.319 e. The second-order valence-electron chi connectivity index (χ2n) is 12.1. The number of benzene rings is 2. The molecule has 0 aliphatic carbocycles. The van der Waals surface area contributed by atoms with Gasteiger partial charge in [0.05, 0.1) is 29.6 Å². The summed E-state index contributed by atoms with van der Waals surface area (Å²) in [5, 5.41) is 24.4. The Balaban J connectivity index is 1.57. The number of hydrogen-bond donors (Lipinski definition) is 4. The van der Waals surface area contributed by atoms with Crippen molar-refractivity contribution in [3.8, 4) is 11.8 Å². The number of imide groups is 1. The summed E-state index contributed by atoms with van der Waals surface area (Å²) in [6.45, 7) is 6.36. The van der Waals surface area contributed by atoms with Gasteiger partial charge in [-0.25, -0.2) is 4.79 Å². The first-order valence-electron chi connectivity index (χ1n) is 14.3. The van der Waals surface area contributed by atoms with E-state index in [2.05, 4.69) is 16.7 Å². The number of nitrogens with one attached hydrogen (secondary N) is 2. The second-order valence-corrected chi connectivity index (χ2v) is 12.1. The third-order valence-corrected chi connectivity index (χ3v) is 7.97. The van der Waals surface area contributed by atoms with Gasteiger partial charge in [0.15, 0.2) is 0 Å². The van der Waals surface area contributed by atoms with Crippen LogP contribution in [0.25, 0.3) is 0 Å². The molecule has 1 fully saturated rings. The molecule has 1 saturated heterocycles. The Hall–Kier alpha value is -4.92. The first-order chi connectivity index (χ1) is 20.7. The Labute approximate surface area is 256 Å². The minimum atomic E-state index is -1.31. The number of nitrogens with two attached hydrogens (primary N) is 1.